The number of carbonyl (C=O) groups is 1. The minimum Gasteiger partial charge on any atom is -0.467 e. The van der Waals surface area contributed by atoms with E-state index in [1.165, 1.54) is 0 Å². The molecule has 2 aliphatic rings. The molecule has 2 bridgehead atoms. The smallest absolute Gasteiger partial charge is 0.236 e. The van der Waals surface area contributed by atoms with E-state index in [0.29, 0.717) is 15.8 Å². The van der Waals surface area contributed by atoms with Crippen LogP contribution in [0.3, 0.4) is 0 Å². The van der Waals surface area contributed by atoms with Crippen LogP contribution in [-0.2, 0) is 4.79 Å². The van der Waals surface area contributed by atoms with Gasteiger partial charge in [-0.05, 0) is 56.4 Å². The van der Waals surface area contributed by atoms with E-state index >= 15 is 0 Å². The first kappa shape index (κ1) is 17.1. The lowest BCUT2D eigenvalue weighted by Gasteiger charge is -2.50. The van der Waals surface area contributed by atoms with E-state index in [2.05, 4.69) is 16.0 Å². The van der Waals surface area contributed by atoms with Gasteiger partial charge in [0.2, 0.25) is 5.91 Å². The van der Waals surface area contributed by atoms with Crippen LogP contribution < -0.4 is 20.7 Å². The summed E-state index contributed by atoms with van der Waals surface area (Å²) in [5, 5.41) is 10.4. The molecule has 26 heavy (non-hydrogen) atoms. The highest BCUT2D eigenvalue weighted by Crippen LogP contribution is 2.45. The van der Waals surface area contributed by atoms with Crippen LogP contribution in [-0.4, -0.2) is 16.7 Å². The molecular weight excluding hydrogens is 370 g/mol. The molecule has 7 heteroatoms. The molecule has 2 aromatic carbocycles. The SMILES string of the molecule is Cc1ccc2c(c1)[C@H]1NC(=S)N[C@](C)(O2)[C@H]1C(=O)Nc1ccc(Cl)cc1. The summed E-state index contributed by atoms with van der Waals surface area (Å²) < 4.78 is 6.19. The van der Waals surface area contributed by atoms with E-state index in [0.717, 1.165) is 16.9 Å². The van der Waals surface area contributed by atoms with Crippen LogP contribution in [0.25, 0.3) is 0 Å². The molecule has 0 saturated carbocycles. The Morgan fingerprint density at radius 2 is 2.00 bits per heavy atom. The highest BCUT2D eigenvalue weighted by molar-refractivity contribution is 7.80. The number of benzene rings is 2. The van der Waals surface area contributed by atoms with Gasteiger partial charge in [0.15, 0.2) is 10.8 Å². The highest BCUT2D eigenvalue weighted by Gasteiger charge is 2.54. The van der Waals surface area contributed by atoms with Gasteiger partial charge in [0.25, 0.3) is 0 Å². The maximum Gasteiger partial charge on any atom is 0.236 e. The van der Waals surface area contributed by atoms with Gasteiger partial charge in [-0.25, -0.2) is 0 Å². The van der Waals surface area contributed by atoms with Crippen LogP contribution in [0.2, 0.25) is 5.02 Å². The zero-order chi connectivity index (χ0) is 18.5. The standard InChI is InChI=1S/C19H18ClN3O2S/c1-10-3-8-14-13(9-10)16-15(19(2,25-14)23-18(26)22-16)17(24)21-12-6-4-11(20)5-7-12/h3-9,15-16H,1-2H3,(H,21,24)(H2,22,23,26)/t15-,16-,19-/m1/s1. The predicted octanol–water partition coefficient (Wildman–Crippen LogP) is 3.53. The average molecular weight is 388 g/mol. The van der Waals surface area contributed by atoms with Gasteiger partial charge in [0.1, 0.15) is 11.7 Å². The van der Waals surface area contributed by atoms with Gasteiger partial charge in [0, 0.05) is 16.3 Å². The van der Waals surface area contributed by atoms with Crippen molar-refractivity contribution in [3.8, 4) is 5.75 Å². The van der Waals surface area contributed by atoms with E-state index in [4.69, 9.17) is 28.6 Å². The summed E-state index contributed by atoms with van der Waals surface area (Å²) in [7, 11) is 0. The molecule has 0 aromatic heterocycles. The Labute approximate surface area is 162 Å². The fourth-order valence-corrected chi connectivity index (χ4v) is 4.07. The second-order valence-electron chi connectivity index (χ2n) is 6.80. The Hall–Kier alpha value is -2.31. The molecule has 2 aromatic rings. The highest BCUT2D eigenvalue weighted by atomic mass is 35.5. The number of fused-ring (bicyclic) bond motifs is 4. The minimum atomic E-state index is -0.939. The third-order valence-corrected chi connectivity index (χ3v) is 5.26. The minimum absolute atomic E-state index is 0.158. The lowest BCUT2D eigenvalue weighted by atomic mass is 9.79. The summed E-state index contributed by atoms with van der Waals surface area (Å²) in [5.74, 6) is 0.0785. The molecule has 1 amide bonds. The van der Waals surface area contributed by atoms with Crippen molar-refractivity contribution in [2.45, 2.75) is 25.6 Å². The van der Waals surface area contributed by atoms with Crippen molar-refractivity contribution >= 4 is 40.5 Å². The molecular formula is C19H18ClN3O2S. The Morgan fingerprint density at radius 1 is 1.27 bits per heavy atom. The number of hydrogen-bond donors (Lipinski definition) is 3. The van der Waals surface area contributed by atoms with Crippen LogP contribution in [0.5, 0.6) is 5.75 Å². The third kappa shape index (κ3) is 2.89. The van der Waals surface area contributed by atoms with E-state index in [1.54, 1.807) is 24.3 Å². The van der Waals surface area contributed by atoms with Gasteiger partial charge < -0.3 is 20.7 Å². The van der Waals surface area contributed by atoms with Gasteiger partial charge in [-0.2, -0.15) is 0 Å². The molecule has 0 unspecified atom stereocenters. The Balaban J connectivity index is 1.71. The van der Waals surface area contributed by atoms with Crippen molar-refractivity contribution < 1.29 is 9.53 Å². The summed E-state index contributed by atoms with van der Waals surface area (Å²) >= 11 is 11.2. The average Bonchev–Trinajstić information content (AvgIpc) is 2.56. The molecule has 134 valence electrons. The number of thiocarbonyl (C=S) groups is 1. The zero-order valence-electron chi connectivity index (χ0n) is 14.3. The number of halogens is 1. The van der Waals surface area contributed by atoms with Gasteiger partial charge in [0.05, 0.1) is 6.04 Å². The Morgan fingerprint density at radius 3 is 2.73 bits per heavy atom. The van der Waals surface area contributed by atoms with Crippen molar-refractivity contribution in [1.29, 1.82) is 0 Å². The summed E-state index contributed by atoms with van der Waals surface area (Å²) in [5.41, 5.74) is 1.77. The van der Waals surface area contributed by atoms with E-state index in [1.807, 2.05) is 32.0 Å². The first-order valence-corrected chi connectivity index (χ1v) is 9.09. The molecule has 0 aliphatic carbocycles. The topological polar surface area (TPSA) is 62.4 Å². The molecule has 2 heterocycles. The third-order valence-electron chi connectivity index (χ3n) is 4.79. The summed E-state index contributed by atoms with van der Waals surface area (Å²) in [6.07, 6.45) is 0. The lowest BCUT2D eigenvalue weighted by Crippen LogP contribution is -2.70. The molecule has 5 nitrogen and oxygen atoms in total. The monoisotopic (exact) mass is 387 g/mol. The number of hydrogen-bond acceptors (Lipinski definition) is 3. The van der Waals surface area contributed by atoms with Gasteiger partial charge in [-0.3, -0.25) is 4.79 Å². The normalized spacial score (nSPS) is 26.0. The van der Waals surface area contributed by atoms with Gasteiger partial charge in [-0.1, -0.05) is 29.3 Å². The first-order chi connectivity index (χ1) is 12.4. The van der Waals surface area contributed by atoms with Crippen molar-refractivity contribution in [2.24, 2.45) is 5.92 Å². The van der Waals surface area contributed by atoms with Crippen LogP contribution in [0, 0.1) is 12.8 Å². The largest absolute Gasteiger partial charge is 0.467 e. The van der Waals surface area contributed by atoms with Crippen molar-refractivity contribution in [3.63, 3.8) is 0 Å². The van der Waals surface area contributed by atoms with Crippen LogP contribution in [0.4, 0.5) is 5.69 Å². The van der Waals surface area contributed by atoms with Crippen LogP contribution >= 0.6 is 23.8 Å². The molecule has 1 saturated heterocycles. The van der Waals surface area contributed by atoms with Gasteiger partial charge in [-0.15, -0.1) is 0 Å². The van der Waals surface area contributed by atoms with Crippen molar-refractivity contribution in [1.82, 2.24) is 10.6 Å². The molecule has 2 aliphatic heterocycles. The Kier molecular flexibility index (Phi) is 4.04. The fraction of sp³-hybridized carbons (Fsp3) is 0.263. The second kappa shape index (κ2) is 6.14. The summed E-state index contributed by atoms with van der Waals surface area (Å²) in [4.78, 5) is 13.1. The molecule has 0 spiro atoms. The number of anilines is 1. The molecule has 3 atom stereocenters. The molecule has 1 fully saturated rings. The maximum atomic E-state index is 13.1. The van der Waals surface area contributed by atoms with Crippen LogP contribution in [0.1, 0.15) is 24.1 Å². The molecule has 4 rings (SSSR count). The number of rotatable bonds is 2. The molecule has 3 N–H and O–H groups in total. The van der Waals surface area contributed by atoms with Crippen molar-refractivity contribution in [2.75, 3.05) is 5.32 Å². The van der Waals surface area contributed by atoms with Crippen LogP contribution in [0.15, 0.2) is 42.5 Å². The zero-order valence-corrected chi connectivity index (χ0v) is 15.9. The maximum absolute atomic E-state index is 13.1. The summed E-state index contributed by atoms with van der Waals surface area (Å²) in [6.45, 7) is 3.86. The first-order valence-electron chi connectivity index (χ1n) is 8.30. The number of aryl methyl sites for hydroxylation is 1. The predicted molar refractivity (Wildman–Crippen MR) is 105 cm³/mol. The van der Waals surface area contributed by atoms with E-state index < -0.39 is 11.6 Å². The van der Waals surface area contributed by atoms with Crippen molar-refractivity contribution in [3.05, 3.63) is 58.6 Å². The number of amides is 1. The van der Waals surface area contributed by atoms with Gasteiger partial charge >= 0.3 is 0 Å². The summed E-state index contributed by atoms with van der Waals surface area (Å²) in [6, 6.07) is 12.7. The quantitative estimate of drug-likeness (QED) is 0.688. The lowest BCUT2D eigenvalue weighted by molar-refractivity contribution is -0.132. The molecule has 0 radical (unpaired) electrons. The fourth-order valence-electron chi connectivity index (χ4n) is 3.62. The Bertz CT molecular complexity index is 902. The van der Waals surface area contributed by atoms with E-state index in [9.17, 15) is 4.79 Å². The number of carbonyl (C=O) groups excluding carboxylic acids is 1. The van der Waals surface area contributed by atoms with E-state index in [-0.39, 0.29) is 11.9 Å². The second-order valence-corrected chi connectivity index (χ2v) is 7.65. The number of ether oxygens (including phenoxy) is 1. The number of nitrogens with one attached hydrogen (secondary N) is 3.